The Kier molecular flexibility index (Phi) is 4.70. The normalized spacial score (nSPS) is 26.5. The van der Waals surface area contributed by atoms with Crippen LogP contribution in [0.15, 0.2) is 30.0 Å². The number of aromatic nitrogens is 1. The van der Waals surface area contributed by atoms with Crippen LogP contribution in [0, 0.1) is 11.8 Å². The number of rotatable bonds is 4. The van der Waals surface area contributed by atoms with Gasteiger partial charge < -0.3 is 14.5 Å². The van der Waals surface area contributed by atoms with E-state index in [4.69, 9.17) is 9.47 Å². The highest BCUT2D eigenvalue weighted by atomic mass is 16.5. The molecule has 0 saturated carbocycles. The number of allylic oxidation sites excluding steroid dienone is 1. The monoisotopic (exact) mass is 354 g/mol. The van der Waals surface area contributed by atoms with Crippen LogP contribution in [0.4, 0.5) is 0 Å². The van der Waals surface area contributed by atoms with Crippen molar-refractivity contribution >= 4 is 10.9 Å². The summed E-state index contributed by atoms with van der Waals surface area (Å²) in [5.41, 5.74) is 5.44. The Labute approximate surface area is 156 Å². The Bertz CT molecular complexity index is 823. The lowest BCUT2D eigenvalue weighted by Crippen LogP contribution is -2.46. The predicted molar refractivity (Wildman–Crippen MR) is 106 cm³/mol. The minimum absolute atomic E-state index is 0.462. The van der Waals surface area contributed by atoms with E-state index in [0.717, 1.165) is 25.1 Å². The van der Waals surface area contributed by atoms with E-state index in [-0.39, 0.29) is 0 Å². The lowest BCUT2D eigenvalue weighted by molar-refractivity contribution is 0.0625. The predicted octanol–water partition coefficient (Wildman–Crippen LogP) is 4.67. The van der Waals surface area contributed by atoms with Gasteiger partial charge in [0, 0.05) is 29.7 Å². The Morgan fingerprint density at radius 1 is 1.35 bits per heavy atom. The average molecular weight is 354 g/mol. The van der Waals surface area contributed by atoms with Gasteiger partial charge in [0.15, 0.2) is 0 Å². The smallest absolute Gasteiger partial charge is 0.128 e. The first-order chi connectivity index (χ1) is 12.7. The van der Waals surface area contributed by atoms with Gasteiger partial charge in [0.2, 0.25) is 0 Å². The van der Waals surface area contributed by atoms with Gasteiger partial charge in [0.1, 0.15) is 5.75 Å². The van der Waals surface area contributed by atoms with Crippen LogP contribution in [0.2, 0.25) is 0 Å². The zero-order valence-electron chi connectivity index (χ0n) is 16.3. The molecule has 0 spiro atoms. The van der Waals surface area contributed by atoms with E-state index in [0.29, 0.717) is 17.9 Å². The maximum Gasteiger partial charge on any atom is 0.128 e. The Balaban J connectivity index is 1.75. The number of hydrogen-bond acceptors (Lipinski definition) is 3. The third kappa shape index (κ3) is 2.71. The van der Waals surface area contributed by atoms with Crippen LogP contribution in [0.3, 0.4) is 0 Å². The average Bonchev–Trinajstić information content (AvgIpc) is 3.06. The zero-order chi connectivity index (χ0) is 18.3. The van der Waals surface area contributed by atoms with Crippen molar-refractivity contribution in [2.24, 2.45) is 11.8 Å². The van der Waals surface area contributed by atoms with Gasteiger partial charge in [-0.15, -0.1) is 0 Å². The maximum atomic E-state index is 5.65. The van der Waals surface area contributed by atoms with E-state index in [9.17, 15) is 0 Å². The molecule has 1 aromatic heterocycles. The molecule has 1 saturated heterocycles. The van der Waals surface area contributed by atoms with Crippen LogP contribution >= 0.6 is 0 Å². The standard InChI is InChI=1S/C22H30N2O2/c1-5-15-12-24-10-9-16-21-18(7-6-8-20(21)26-4)23-22(16)19(24)11-17(15)14(2)13-25-3/h6-8,13,15,17,19,23H,5,9-12H2,1-4H3/t15-,17-,19+/m1/s1. The molecule has 3 heterocycles. The molecular formula is C22H30N2O2. The number of benzene rings is 1. The van der Waals surface area contributed by atoms with Gasteiger partial charge in [-0.05, 0) is 54.9 Å². The van der Waals surface area contributed by atoms with Crippen molar-refractivity contribution in [3.8, 4) is 5.75 Å². The number of ether oxygens (including phenoxy) is 2. The summed E-state index contributed by atoms with van der Waals surface area (Å²) in [5.74, 6) is 2.28. The molecule has 0 amide bonds. The summed E-state index contributed by atoms with van der Waals surface area (Å²) in [4.78, 5) is 6.43. The van der Waals surface area contributed by atoms with E-state index in [1.807, 2.05) is 6.26 Å². The molecule has 2 aliphatic rings. The van der Waals surface area contributed by atoms with Crippen LogP contribution in [-0.2, 0) is 11.2 Å². The van der Waals surface area contributed by atoms with Crippen molar-refractivity contribution in [3.05, 3.63) is 41.3 Å². The molecule has 4 nitrogen and oxygen atoms in total. The number of nitrogens with zero attached hydrogens (tertiary/aromatic N) is 1. The van der Waals surface area contributed by atoms with E-state index in [1.165, 1.54) is 40.7 Å². The molecule has 1 N–H and O–H groups in total. The largest absolute Gasteiger partial charge is 0.504 e. The van der Waals surface area contributed by atoms with Crippen molar-refractivity contribution < 1.29 is 9.47 Å². The summed E-state index contributed by atoms with van der Waals surface area (Å²) in [7, 11) is 3.52. The minimum atomic E-state index is 0.462. The van der Waals surface area contributed by atoms with Crippen LogP contribution in [0.25, 0.3) is 10.9 Å². The van der Waals surface area contributed by atoms with Crippen molar-refractivity contribution in [1.82, 2.24) is 9.88 Å². The Morgan fingerprint density at radius 3 is 2.92 bits per heavy atom. The summed E-state index contributed by atoms with van der Waals surface area (Å²) in [6, 6.07) is 6.78. The number of piperidine rings is 1. The van der Waals surface area contributed by atoms with Crippen LogP contribution in [0.5, 0.6) is 5.75 Å². The second-order valence-electron chi connectivity index (χ2n) is 7.77. The van der Waals surface area contributed by atoms with E-state index >= 15 is 0 Å². The van der Waals surface area contributed by atoms with Crippen molar-refractivity contribution in [3.63, 3.8) is 0 Å². The first-order valence-corrected chi connectivity index (χ1v) is 9.78. The third-order valence-electron chi connectivity index (χ3n) is 6.49. The minimum Gasteiger partial charge on any atom is -0.504 e. The molecule has 1 aromatic carbocycles. The number of methoxy groups -OCH3 is 2. The van der Waals surface area contributed by atoms with Gasteiger partial charge in [0.25, 0.3) is 0 Å². The van der Waals surface area contributed by atoms with Crippen molar-refractivity contribution in [1.29, 1.82) is 0 Å². The fourth-order valence-electron chi connectivity index (χ4n) is 5.20. The maximum absolute atomic E-state index is 5.65. The third-order valence-corrected chi connectivity index (χ3v) is 6.49. The lowest BCUT2D eigenvalue weighted by Gasteiger charge is -2.46. The van der Waals surface area contributed by atoms with E-state index < -0.39 is 0 Å². The first kappa shape index (κ1) is 17.5. The summed E-state index contributed by atoms with van der Waals surface area (Å²) in [6.07, 6.45) is 5.42. The SMILES string of the molecule is CC[C@@H]1CN2CCc3c([nH]c4cccc(OC)c34)[C@@H]2C[C@@H]1C(C)=COC. The number of hydrogen-bond donors (Lipinski definition) is 1. The van der Waals surface area contributed by atoms with Gasteiger partial charge in [-0.1, -0.05) is 19.4 Å². The molecule has 140 valence electrons. The number of H-pyrrole nitrogens is 1. The summed E-state index contributed by atoms with van der Waals surface area (Å²) in [5, 5.41) is 1.28. The Hall–Kier alpha value is -1.94. The van der Waals surface area contributed by atoms with Crippen LogP contribution < -0.4 is 4.74 Å². The van der Waals surface area contributed by atoms with Crippen molar-refractivity contribution in [2.45, 2.75) is 39.2 Å². The second-order valence-corrected chi connectivity index (χ2v) is 7.77. The topological polar surface area (TPSA) is 37.5 Å². The first-order valence-electron chi connectivity index (χ1n) is 9.78. The molecular weight excluding hydrogens is 324 g/mol. The number of fused-ring (bicyclic) bond motifs is 5. The molecule has 0 unspecified atom stereocenters. The highest BCUT2D eigenvalue weighted by Crippen LogP contribution is 2.46. The van der Waals surface area contributed by atoms with E-state index in [1.54, 1.807) is 14.2 Å². The van der Waals surface area contributed by atoms with Gasteiger partial charge in [-0.3, -0.25) is 4.90 Å². The highest BCUT2D eigenvalue weighted by molar-refractivity contribution is 5.91. The molecule has 2 aromatic rings. The molecule has 0 radical (unpaired) electrons. The molecule has 0 aliphatic carbocycles. The highest BCUT2D eigenvalue weighted by Gasteiger charge is 2.40. The summed E-state index contributed by atoms with van der Waals surface area (Å²) in [6.45, 7) is 6.86. The summed E-state index contributed by atoms with van der Waals surface area (Å²) < 4.78 is 11.0. The number of nitrogens with one attached hydrogen (secondary N) is 1. The van der Waals surface area contributed by atoms with Gasteiger partial charge in [0.05, 0.1) is 26.5 Å². The number of aromatic amines is 1. The molecule has 2 aliphatic heterocycles. The molecule has 3 atom stereocenters. The van der Waals surface area contributed by atoms with Gasteiger partial charge >= 0.3 is 0 Å². The molecule has 1 fully saturated rings. The van der Waals surface area contributed by atoms with Gasteiger partial charge in [-0.25, -0.2) is 0 Å². The zero-order valence-corrected chi connectivity index (χ0v) is 16.3. The van der Waals surface area contributed by atoms with E-state index in [2.05, 4.69) is 41.9 Å². The molecule has 4 heteroatoms. The fourth-order valence-corrected chi connectivity index (χ4v) is 5.20. The molecule has 26 heavy (non-hydrogen) atoms. The quantitative estimate of drug-likeness (QED) is 0.811. The van der Waals surface area contributed by atoms with Gasteiger partial charge in [-0.2, -0.15) is 0 Å². The van der Waals surface area contributed by atoms with Crippen LogP contribution in [-0.4, -0.2) is 37.2 Å². The Morgan fingerprint density at radius 2 is 2.19 bits per heavy atom. The van der Waals surface area contributed by atoms with Crippen molar-refractivity contribution in [2.75, 3.05) is 27.3 Å². The summed E-state index contributed by atoms with van der Waals surface area (Å²) >= 11 is 0. The molecule has 0 bridgehead atoms. The lowest BCUT2D eigenvalue weighted by atomic mass is 9.74. The molecule has 4 rings (SSSR count). The second kappa shape index (κ2) is 6.99. The van der Waals surface area contributed by atoms with Crippen LogP contribution in [0.1, 0.15) is 44.0 Å². The fraction of sp³-hybridized carbons (Fsp3) is 0.545.